The molecule has 1 N–H and O–H groups in total. The molecule has 0 fully saturated rings. The van der Waals surface area contributed by atoms with Crippen LogP contribution in [0.3, 0.4) is 0 Å². The van der Waals surface area contributed by atoms with Crippen LogP contribution in [0.25, 0.3) is 16.9 Å². The minimum Gasteiger partial charge on any atom is -0.357 e. The molecule has 0 spiro atoms. The molecule has 134 valence electrons. The van der Waals surface area contributed by atoms with Gasteiger partial charge in [0.2, 0.25) is 5.95 Å². The number of nitrogens with one attached hydrogen (secondary N) is 1. The van der Waals surface area contributed by atoms with E-state index >= 15 is 0 Å². The molecule has 0 saturated carbocycles. The number of rotatable bonds is 7. The number of hydrogen-bond donors (Lipinski definition) is 1. The van der Waals surface area contributed by atoms with Gasteiger partial charge in [0.25, 0.3) is 0 Å². The van der Waals surface area contributed by atoms with Gasteiger partial charge in [0.15, 0.2) is 5.65 Å². The summed E-state index contributed by atoms with van der Waals surface area (Å²) in [6.45, 7) is 5.60. The van der Waals surface area contributed by atoms with Gasteiger partial charge >= 0.3 is 0 Å². The first-order valence-corrected chi connectivity index (χ1v) is 8.30. The number of nitrogens with zero attached hydrogens (tertiary/aromatic N) is 6. The van der Waals surface area contributed by atoms with Gasteiger partial charge in [0.1, 0.15) is 24.3 Å². The molecule has 10 heteroatoms. The fourth-order valence-electron chi connectivity index (χ4n) is 2.33. The van der Waals surface area contributed by atoms with E-state index in [1.165, 1.54) is 10.8 Å². The molecule has 1 unspecified atom stereocenters. The van der Waals surface area contributed by atoms with Crippen molar-refractivity contribution in [1.82, 2.24) is 29.4 Å². The van der Waals surface area contributed by atoms with Crippen molar-refractivity contribution in [2.24, 2.45) is 0 Å². The molecular weight excluding hydrogens is 349 g/mol. The Kier molecular flexibility index (Phi) is 5.14. The number of anilines is 1. The molecule has 3 aromatic heterocycles. The highest BCUT2D eigenvalue weighted by Gasteiger charge is 2.17. The molecule has 0 amide bonds. The van der Waals surface area contributed by atoms with E-state index in [1.54, 1.807) is 17.8 Å². The fourth-order valence-corrected chi connectivity index (χ4v) is 2.61. The summed E-state index contributed by atoms with van der Waals surface area (Å²) in [5, 5.41) is 11.7. The minimum atomic E-state index is -0.524. The van der Waals surface area contributed by atoms with E-state index in [-0.39, 0.29) is 12.3 Å². The summed E-state index contributed by atoms with van der Waals surface area (Å²) in [4.78, 5) is 8.65. The third kappa shape index (κ3) is 3.57. The summed E-state index contributed by atoms with van der Waals surface area (Å²) in [6.07, 6.45) is 4.80. The number of aromatic nitrogens is 6. The van der Waals surface area contributed by atoms with Crippen LogP contribution < -0.4 is 5.32 Å². The number of ether oxygens (including phenoxy) is 1. The summed E-state index contributed by atoms with van der Waals surface area (Å²) in [6, 6.07) is -0.387. The molecule has 2 atom stereocenters. The fraction of sp³-hybridized carbons (Fsp3) is 0.467. The van der Waals surface area contributed by atoms with E-state index in [2.05, 4.69) is 25.5 Å². The maximum absolute atomic E-state index is 12.6. The van der Waals surface area contributed by atoms with E-state index in [9.17, 15) is 4.39 Å². The van der Waals surface area contributed by atoms with E-state index in [0.717, 1.165) is 5.56 Å². The second-order valence-corrected chi connectivity index (χ2v) is 5.95. The van der Waals surface area contributed by atoms with Gasteiger partial charge in [-0.25, -0.2) is 14.1 Å². The monoisotopic (exact) mass is 367 g/mol. The van der Waals surface area contributed by atoms with Crippen molar-refractivity contribution in [3.05, 3.63) is 23.7 Å². The normalized spacial score (nSPS) is 14.0. The first-order chi connectivity index (χ1) is 12.0. The Balaban J connectivity index is 1.93. The Morgan fingerprint density at radius 3 is 2.92 bits per heavy atom. The van der Waals surface area contributed by atoms with Crippen LogP contribution in [0.4, 0.5) is 10.3 Å². The second-order valence-electron chi connectivity index (χ2n) is 5.57. The Hall–Kier alpha value is -2.26. The lowest BCUT2D eigenvalue weighted by atomic mass is 10.2. The summed E-state index contributed by atoms with van der Waals surface area (Å²) < 4.78 is 21.3. The highest BCUT2D eigenvalue weighted by molar-refractivity contribution is 6.35. The van der Waals surface area contributed by atoms with E-state index in [4.69, 9.17) is 16.3 Å². The van der Waals surface area contributed by atoms with Gasteiger partial charge in [-0.1, -0.05) is 11.6 Å². The van der Waals surface area contributed by atoms with Crippen LogP contribution >= 0.6 is 11.6 Å². The van der Waals surface area contributed by atoms with Gasteiger partial charge in [-0.2, -0.15) is 14.6 Å². The van der Waals surface area contributed by atoms with Gasteiger partial charge in [-0.05, 0) is 20.8 Å². The maximum Gasteiger partial charge on any atom is 0.243 e. The summed E-state index contributed by atoms with van der Waals surface area (Å²) >= 11 is 6.45. The van der Waals surface area contributed by atoms with E-state index in [1.807, 2.05) is 20.0 Å². The molecule has 0 radical (unpaired) electrons. The lowest BCUT2D eigenvalue weighted by Crippen LogP contribution is -2.17. The standard InChI is InChI=1S/C15H19ClFN7O/c1-4-25-10(3)23-7-11(6-19-23)13-12(16)14-21-15(20-9(2)5-17)22-24(14)8-18-13/h6-10H,4-5H2,1-3H3,(H,20,22)/t9-,10?/m1/s1. The van der Waals surface area contributed by atoms with Crippen LogP contribution in [0, 0.1) is 0 Å². The van der Waals surface area contributed by atoms with Crippen molar-refractivity contribution in [2.45, 2.75) is 33.0 Å². The third-order valence-electron chi connectivity index (χ3n) is 3.59. The molecular formula is C15H19ClFN7O. The Morgan fingerprint density at radius 2 is 2.20 bits per heavy atom. The van der Waals surface area contributed by atoms with Gasteiger partial charge < -0.3 is 10.1 Å². The van der Waals surface area contributed by atoms with Crippen LogP contribution in [0.5, 0.6) is 0 Å². The van der Waals surface area contributed by atoms with E-state index < -0.39 is 6.67 Å². The zero-order valence-corrected chi connectivity index (χ0v) is 14.9. The Morgan fingerprint density at radius 1 is 1.40 bits per heavy atom. The Bertz CT molecular complexity index is 865. The number of alkyl halides is 1. The lowest BCUT2D eigenvalue weighted by Gasteiger charge is -2.11. The Labute approximate surface area is 149 Å². The molecule has 0 aromatic carbocycles. The average molecular weight is 368 g/mol. The largest absolute Gasteiger partial charge is 0.357 e. The van der Waals surface area contributed by atoms with Crippen LogP contribution in [-0.4, -0.2) is 48.7 Å². The maximum atomic E-state index is 12.6. The van der Waals surface area contributed by atoms with Gasteiger partial charge in [-0.3, -0.25) is 0 Å². The molecule has 0 aliphatic heterocycles. The highest BCUT2D eigenvalue weighted by atomic mass is 35.5. The first kappa shape index (κ1) is 17.6. The van der Waals surface area contributed by atoms with Gasteiger partial charge in [0.05, 0.1) is 17.9 Å². The minimum absolute atomic E-state index is 0.188. The topological polar surface area (TPSA) is 82.2 Å². The SMILES string of the molecule is CCOC(C)n1cc(-c2ncn3nc(N[C@H](C)CF)nc3c2Cl)cn1. The molecule has 0 aliphatic rings. The number of fused-ring (bicyclic) bond motifs is 1. The molecule has 0 saturated heterocycles. The summed E-state index contributed by atoms with van der Waals surface area (Å²) in [5.74, 6) is 0.298. The first-order valence-electron chi connectivity index (χ1n) is 7.93. The summed E-state index contributed by atoms with van der Waals surface area (Å²) in [7, 11) is 0. The number of halogens is 2. The van der Waals surface area contributed by atoms with Crippen molar-refractivity contribution in [2.75, 3.05) is 18.6 Å². The predicted molar refractivity (Wildman–Crippen MR) is 92.4 cm³/mol. The lowest BCUT2D eigenvalue weighted by molar-refractivity contribution is 0.0160. The smallest absolute Gasteiger partial charge is 0.243 e. The molecule has 25 heavy (non-hydrogen) atoms. The van der Waals surface area contributed by atoms with Crippen LogP contribution in [-0.2, 0) is 4.74 Å². The molecule has 8 nitrogen and oxygen atoms in total. The van der Waals surface area contributed by atoms with Crippen molar-refractivity contribution in [3.8, 4) is 11.3 Å². The highest BCUT2D eigenvalue weighted by Crippen LogP contribution is 2.29. The molecule has 3 rings (SSSR count). The van der Waals surface area contributed by atoms with Gasteiger partial charge in [-0.15, -0.1) is 5.10 Å². The quantitative estimate of drug-likeness (QED) is 0.691. The zero-order valence-electron chi connectivity index (χ0n) is 14.1. The van der Waals surface area contributed by atoms with Crippen molar-refractivity contribution < 1.29 is 9.13 Å². The van der Waals surface area contributed by atoms with Crippen molar-refractivity contribution >= 4 is 23.2 Å². The summed E-state index contributed by atoms with van der Waals surface area (Å²) in [5.41, 5.74) is 1.72. The van der Waals surface area contributed by atoms with Crippen molar-refractivity contribution in [1.29, 1.82) is 0 Å². The molecule has 0 bridgehead atoms. The average Bonchev–Trinajstić information content (AvgIpc) is 3.22. The molecule has 0 aliphatic carbocycles. The van der Waals surface area contributed by atoms with Crippen LogP contribution in [0.1, 0.15) is 27.0 Å². The molecule has 3 heterocycles. The zero-order chi connectivity index (χ0) is 18.0. The third-order valence-corrected chi connectivity index (χ3v) is 3.94. The predicted octanol–water partition coefficient (Wildman–Crippen LogP) is 2.97. The van der Waals surface area contributed by atoms with Crippen molar-refractivity contribution in [3.63, 3.8) is 0 Å². The second kappa shape index (κ2) is 7.32. The number of hydrogen-bond acceptors (Lipinski definition) is 6. The van der Waals surface area contributed by atoms with Crippen LogP contribution in [0.15, 0.2) is 18.7 Å². The molecule has 3 aromatic rings. The van der Waals surface area contributed by atoms with Crippen LogP contribution in [0.2, 0.25) is 5.02 Å². The van der Waals surface area contributed by atoms with Gasteiger partial charge in [0, 0.05) is 18.4 Å². The van der Waals surface area contributed by atoms with E-state index in [0.29, 0.717) is 28.9 Å².